The first kappa shape index (κ1) is 18.9. The van der Waals surface area contributed by atoms with Crippen molar-refractivity contribution in [2.45, 2.75) is 18.9 Å². The molecule has 0 bridgehead atoms. The number of nitrogens with one attached hydrogen (secondary N) is 1. The van der Waals surface area contributed by atoms with Gasteiger partial charge >= 0.3 is 0 Å². The first-order valence-corrected chi connectivity index (χ1v) is 9.42. The van der Waals surface area contributed by atoms with Crippen molar-refractivity contribution in [2.24, 2.45) is 10.7 Å². The molecule has 2 aromatic rings. The average molecular weight is 413 g/mol. The third-order valence-corrected chi connectivity index (χ3v) is 5.29. The minimum atomic E-state index is -0.646. The van der Waals surface area contributed by atoms with Gasteiger partial charge in [0.2, 0.25) is 0 Å². The highest BCUT2D eigenvalue weighted by molar-refractivity contribution is 8.13. The molecule has 1 amide bonds. The second kappa shape index (κ2) is 7.42. The largest absolute Gasteiger partial charge is 0.379 e. The molecule has 2 heterocycles. The van der Waals surface area contributed by atoms with E-state index in [0.29, 0.717) is 22.2 Å². The van der Waals surface area contributed by atoms with Crippen LogP contribution in [0.5, 0.6) is 0 Å². The number of hydrogen-bond acceptors (Lipinski definition) is 5. The second-order valence-corrected chi connectivity index (χ2v) is 7.95. The molecule has 136 valence electrons. The number of nitrogens with zero attached hydrogens (tertiary/aromatic N) is 2. The fraction of sp³-hybridized carbons (Fsp3) is 0.235. The maximum atomic E-state index is 14.1. The fourth-order valence-electron chi connectivity index (χ4n) is 2.64. The van der Waals surface area contributed by atoms with Crippen molar-refractivity contribution < 1.29 is 9.18 Å². The Bertz CT molecular complexity index is 908. The Morgan fingerprint density at radius 1 is 1.35 bits per heavy atom. The smallest absolute Gasteiger partial charge is 0.275 e. The van der Waals surface area contributed by atoms with Crippen LogP contribution in [0.25, 0.3) is 0 Å². The normalized spacial score (nSPS) is 19.8. The van der Waals surface area contributed by atoms with Crippen LogP contribution in [0.1, 0.15) is 29.4 Å². The van der Waals surface area contributed by atoms with Crippen LogP contribution < -0.4 is 11.1 Å². The van der Waals surface area contributed by atoms with E-state index >= 15 is 0 Å². The molecule has 0 radical (unpaired) electrons. The van der Waals surface area contributed by atoms with E-state index in [2.05, 4.69) is 15.3 Å². The van der Waals surface area contributed by atoms with Gasteiger partial charge in [-0.25, -0.2) is 9.37 Å². The Balaban J connectivity index is 1.91. The van der Waals surface area contributed by atoms with Crippen LogP contribution in [0, 0.1) is 5.82 Å². The lowest BCUT2D eigenvalue weighted by Gasteiger charge is -2.30. The molecule has 1 aromatic carbocycles. The zero-order valence-corrected chi connectivity index (χ0v) is 16.1. The quantitative estimate of drug-likeness (QED) is 0.780. The lowest BCUT2D eigenvalue weighted by Crippen LogP contribution is -2.29. The van der Waals surface area contributed by atoms with E-state index in [-0.39, 0.29) is 16.4 Å². The van der Waals surface area contributed by atoms with Gasteiger partial charge in [0.15, 0.2) is 5.17 Å². The average Bonchev–Trinajstić information content (AvgIpc) is 2.53. The van der Waals surface area contributed by atoms with Crippen molar-refractivity contribution in [1.82, 2.24) is 4.98 Å². The van der Waals surface area contributed by atoms with Gasteiger partial charge in [0, 0.05) is 17.6 Å². The van der Waals surface area contributed by atoms with Gasteiger partial charge in [-0.05, 0) is 43.2 Å². The standard InChI is InChI=1S/C17H15Cl2FN4OS/c1-17(2-3-26-16(21)24-17)9-4-11(20)7-12(5-9)23-15(25)14-13(19)6-10(18)8-22-14/h4-8H,2-3H2,1H3,(H2,21,24)(H,23,25). The highest BCUT2D eigenvalue weighted by atomic mass is 35.5. The van der Waals surface area contributed by atoms with Crippen LogP contribution in [0.15, 0.2) is 35.5 Å². The van der Waals surface area contributed by atoms with Gasteiger partial charge in [-0.3, -0.25) is 9.79 Å². The van der Waals surface area contributed by atoms with Crippen LogP contribution in [0.2, 0.25) is 10.0 Å². The molecule has 1 unspecified atom stereocenters. The van der Waals surface area contributed by atoms with E-state index in [9.17, 15) is 9.18 Å². The topological polar surface area (TPSA) is 80.4 Å². The number of anilines is 1. The number of hydrogen-bond donors (Lipinski definition) is 2. The minimum Gasteiger partial charge on any atom is -0.379 e. The van der Waals surface area contributed by atoms with Gasteiger partial charge in [-0.1, -0.05) is 35.0 Å². The van der Waals surface area contributed by atoms with E-state index in [1.54, 1.807) is 6.07 Å². The van der Waals surface area contributed by atoms with Crippen LogP contribution in [-0.2, 0) is 5.54 Å². The predicted molar refractivity (Wildman–Crippen MR) is 105 cm³/mol. The molecule has 1 atom stereocenters. The number of pyridine rings is 1. The molecular formula is C17H15Cl2FN4OS. The van der Waals surface area contributed by atoms with E-state index < -0.39 is 17.3 Å². The molecule has 9 heteroatoms. The monoisotopic (exact) mass is 412 g/mol. The van der Waals surface area contributed by atoms with Crippen LogP contribution in [0.3, 0.4) is 0 Å². The zero-order valence-electron chi connectivity index (χ0n) is 13.7. The number of carbonyl (C=O) groups excluding carboxylic acids is 1. The number of thioether (sulfide) groups is 1. The minimum absolute atomic E-state index is 0.00409. The number of nitrogens with two attached hydrogens (primary N) is 1. The first-order chi connectivity index (χ1) is 12.3. The SMILES string of the molecule is CC1(c2cc(F)cc(NC(=O)c3ncc(Cl)cc3Cl)c2)CCSC(N)=N1. The summed E-state index contributed by atoms with van der Waals surface area (Å²) in [6.07, 6.45) is 2.03. The van der Waals surface area contributed by atoms with Crippen LogP contribution in [0.4, 0.5) is 10.1 Å². The summed E-state index contributed by atoms with van der Waals surface area (Å²) in [4.78, 5) is 20.8. The van der Waals surface area contributed by atoms with Crippen LogP contribution in [-0.4, -0.2) is 21.8 Å². The summed E-state index contributed by atoms with van der Waals surface area (Å²) in [6, 6.07) is 5.72. The van der Waals surface area contributed by atoms with Crippen molar-refractivity contribution >= 4 is 51.7 Å². The van der Waals surface area contributed by atoms with Crippen molar-refractivity contribution in [3.05, 3.63) is 57.6 Å². The summed E-state index contributed by atoms with van der Waals surface area (Å²) in [6.45, 7) is 1.89. The summed E-state index contributed by atoms with van der Waals surface area (Å²) < 4.78 is 14.1. The summed E-state index contributed by atoms with van der Waals surface area (Å²) in [7, 11) is 0. The van der Waals surface area contributed by atoms with Gasteiger partial charge in [-0.2, -0.15) is 0 Å². The molecule has 1 aliphatic heterocycles. The van der Waals surface area contributed by atoms with E-state index in [0.717, 1.165) is 5.75 Å². The molecule has 0 fully saturated rings. The molecule has 0 saturated heterocycles. The third kappa shape index (κ3) is 4.11. The van der Waals surface area contributed by atoms with Crippen molar-refractivity contribution in [3.63, 3.8) is 0 Å². The molecular weight excluding hydrogens is 398 g/mol. The molecule has 1 aromatic heterocycles. The molecule has 5 nitrogen and oxygen atoms in total. The molecule has 26 heavy (non-hydrogen) atoms. The number of rotatable bonds is 3. The van der Waals surface area contributed by atoms with Crippen molar-refractivity contribution in [2.75, 3.05) is 11.1 Å². The Hall–Kier alpha value is -1.83. The van der Waals surface area contributed by atoms with Gasteiger partial charge in [0.05, 0.1) is 15.6 Å². The summed E-state index contributed by atoms with van der Waals surface area (Å²) in [5, 5.41) is 3.51. The van der Waals surface area contributed by atoms with Crippen molar-refractivity contribution in [1.29, 1.82) is 0 Å². The highest BCUT2D eigenvalue weighted by Crippen LogP contribution is 2.36. The molecule has 3 N–H and O–H groups in total. The summed E-state index contributed by atoms with van der Waals surface area (Å²) >= 11 is 13.2. The maximum absolute atomic E-state index is 14.1. The number of amides is 1. The van der Waals surface area contributed by atoms with E-state index in [1.807, 2.05) is 6.92 Å². The number of aliphatic imine (C=N–C) groups is 1. The van der Waals surface area contributed by atoms with Gasteiger partial charge in [0.25, 0.3) is 5.91 Å². The summed E-state index contributed by atoms with van der Waals surface area (Å²) in [5.74, 6) is -0.259. The number of aromatic nitrogens is 1. The third-order valence-electron chi connectivity index (χ3n) is 4.00. The van der Waals surface area contributed by atoms with E-state index in [4.69, 9.17) is 28.9 Å². The zero-order chi connectivity index (χ0) is 18.9. The van der Waals surface area contributed by atoms with Crippen molar-refractivity contribution in [3.8, 4) is 0 Å². The summed E-state index contributed by atoms with van der Waals surface area (Å²) in [5.41, 5.74) is 6.10. The predicted octanol–water partition coefficient (Wildman–Crippen LogP) is 4.45. The number of amidine groups is 1. The lowest BCUT2D eigenvalue weighted by atomic mass is 9.89. The fourth-order valence-corrected chi connectivity index (χ4v) is 4.08. The Morgan fingerprint density at radius 2 is 2.12 bits per heavy atom. The molecule has 0 spiro atoms. The molecule has 1 aliphatic rings. The number of halogens is 3. The van der Waals surface area contributed by atoms with E-state index in [1.165, 1.54) is 36.2 Å². The number of carbonyl (C=O) groups is 1. The first-order valence-electron chi connectivity index (χ1n) is 7.68. The molecule has 0 aliphatic carbocycles. The lowest BCUT2D eigenvalue weighted by molar-refractivity contribution is 0.102. The number of benzene rings is 1. The van der Waals surface area contributed by atoms with Gasteiger partial charge in [-0.15, -0.1) is 0 Å². The van der Waals surface area contributed by atoms with Gasteiger partial charge < -0.3 is 11.1 Å². The van der Waals surface area contributed by atoms with Crippen LogP contribution >= 0.6 is 35.0 Å². The Labute approximate surface area is 164 Å². The Morgan fingerprint density at radius 3 is 2.81 bits per heavy atom. The highest BCUT2D eigenvalue weighted by Gasteiger charge is 2.30. The van der Waals surface area contributed by atoms with Gasteiger partial charge in [0.1, 0.15) is 11.5 Å². The molecule has 3 rings (SSSR count). The maximum Gasteiger partial charge on any atom is 0.275 e. The Kier molecular flexibility index (Phi) is 5.41. The molecule has 0 saturated carbocycles. The second-order valence-electron chi connectivity index (χ2n) is 5.99.